The first-order valence-corrected chi connectivity index (χ1v) is 9.20. The Morgan fingerprint density at radius 3 is 2.50 bits per heavy atom. The smallest absolute Gasteiger partial charge is 0.408 e. The van der Waals surface area contributed by atoms with E-state index in [0.29, 0.717) is 0 Å². The first kappa shape index (κ1) is 15.6. The third kappa shape index (κ3) is 2.61. The normalized spacial score (nSPS) is 27.8. The maximum Gasteiger partial charge on any atom is 0.408 e. The molecule has 2 aromatic rings. The van der Waals surface area contributed by atoms with Gasteiger partial charge in [0.25, 0.3) is 0 Å². The van der Waals surface area contributed by atoms with Crippen LogP contribution in [0.2, 0.25) is 0 Å². The van der Waals surface area contributed by atoms with E-state index in [1.54, 1.807) is 11.3 Å². The first-order chi connectivity index (χ1) is 11.3. The lowest BCUT2D eigenvalue weighted by atomic mass is 9.38. The van der Waals surface area contributed by atoms with E-state index >= 15 is 0 Å². The highest BCUT2D eigenvalue weighted by molar-refractivity contribution is 7.13. The molecular formula is C19H22N2O2S. The van der Waals surface area contributed by atoms with Crippen molar-refractivity contribution in [1.29, 1.82) is 0 Å². The molecule has 0 unspecified atom stereocenters. The molecule has 3 saturated carbocycles. The van der Waals surface area contributed by atoms with Gasteiger partial charge < -0.3 is 10.1 Å². The summed E-state index contributed by atoms with van der Waals surface area (Å²) in [4.78, 5) is 16.8. The molecule has 0 spiro atoms. The van der Waals surface area contributed by atoms with Gasteiger partial charge in [0.05, 0.1) is 5.69 Å². The minimum atomic E-state index is -0.454. The molecule has 0 atom stereocenters. The number of alkyl carbamates (subject to hydrolysis) is 1. The summed E-state index contributed by atoms with van der Waals surface area (Å²) in [6, 6.07) is 10.3. The highest BCUT2D eigenvalue weighted by Gasteiger charge is 2.70. The molecule has 1 aromatic carbocycles. The van der Waals surface area contributed by atoms with Crippen LogP contribution in [0.25, 0.3) is 10.6 Å². The summed E-state index contributed by atoms with van der Waals surface area (Å²) in [7, 11) is 0. The van der Waals surface area contributed by atoms with Crippen molar-refractivity contribution in [2.45, 2.75) is 56.6 Å². The molecule has 3 fully saturated rings. The summed E-state index contributed by atoms with van der Waals surface area (Å²) in [5.74, 6) is 0. The highest BCUT2D eigenvalue weighted by Crippen LogP contribution is 2.67. The Balaban J connectivity index is 1.40. The molecule has 4 nitrogen and oxygen atoms in total. The second-order valence-electron chi connectivity index (χ2n) is 8.12. The van der Waals surface area contributed by atoms with Crippen LogP contribution in [-0.2, 0) is 10.2 Å². The molecule has 1 heterocycles. The van der Waals surface area contributed by atoms with Gasteiger partial charge in [0, 0.05) is 21.9 Å². The number of ether oxygens (including phenoxy) is 1. The third-order valence-corrected chi connectivity index (χ3v) is 5.76. The van der Waals surface area contributed by atoms with Gasteiger partial charge in [0.1, 0.15) is 10.6 Å². The van der Waals surface area contributed by atoms with Crippen molar-refractivity contribution < 1.29 is 9.53 Å². The van der Waals surface area contributed by atoms with Crippen molar-refractivity contribution >= 4 is 17.4 Å². The highest BCUT2D eigenvalue weighted by atomic mass is 32.1. The van der Waals surface area contributed by atoms with Gasteiger partial charge in [0.2, 0.25) is 0 Å². The standard InChI is InChI=1S/C19H22N2O2S/c1-17(2,3)23-16(22)21-19-10-18(11-19,12-19)14-9-24-15(20-14)13-7-5-4-6-8-13/h4-9H,10-12H2,1-3H3,(H,21,22). The van der Waals surface area contributed by atoms with E-state index in [2.05, 4.69) is 22.8 Å². The molecule has 3 aliphatic rings. The molecule has 5 heteroatoms. The zero-order chi connectivity index (χ0) is 17.0. The third-order valence-electron chi connectivity index (χ3n) is 4.86. The number of hydrogen-bond acceptors (Lipinski definition) is 4. The summed E-state index contributed by atoms with van der Waals surface area (Å²) in [5, 5.41) is 6.32. The van der Waals surface area contributed by atoms with Crippen LogP contribution in [0.4, 0.5) is 4.79 Å². The Hall–Kier alpha value is -1.88. The minimum Gasteiger partial charge on any atom is -0.444 e. The molecule has 1 N–H and O–H groups in total. The molecule has 0 radical (unpaired) electrons. The van der Waals surface area contributed by atoms with E-state index in [4.69, 9.17) is 9.72 Å². The number of thiazole rings is 1. The van der Waals surface area contributed by atoms with E-state index in [0.717, 1.165) is 24.3 Å². The Labute approximate surface area is 146 Å². The van der Waals surface area contributed by atoms with Crippen LogP contribution in [0.1, 0.15) is 45.7 Å². The number of aromatic nitrogens is 1. The predicted molar refractivity (Wildman–Crippen MR) is 95.2 cm³/mol. The van der Waals surface area contributed by atoms with Gasteiger partial charge in [-0.1, -0.05) is 30.3 Å². The Kier molecular flexibility index (Phi) is 3.29. The monoisotopic (exact) mass is 342 g/mol. The van der Waals surface area contributed by atoms with E-state index in [9.17, 15) is 4.79 Å². The van der Waals surface area contributed by atoms with Gasteiger partial charge in [-0.15, -0.1) is 11.3 Å². The molecule has 1 amide bonds. The Morgan fingerprint density at radius 2 is 1.88 bits per heavy atom. The van der Waals surface area contributed by atoms with Crippen molar-refractivity contribution in [3.05, 3.63) is 41.4 Å². The first-order valence-electron chi connectivity index (χ1n) is 8.32. The number of amides is 1. The van der Waals surface area contributed by atoms with Gasteiger partial charge in [0.15, 0.2) is 0 Å². The maximum absolute atomic E-state index is 12.0. The van der Waals surface area contributed by atoms with Crippen LogP contribution in [-0.4, -0.2) is 22.2 Å². The van der Waals surface area contributed by atoms with Crippen molar-refractivity contribution in [3.63, 3.8) is 0 Å². The van der Waals surface area contributed by atoms with Crippen molar-refractivity contribution in [2.75, 3.05) is 0 Å². The lowest BCUT2D eigenvalue weighted by Gasteiger charge is -2.69. The van der Waals surface area contributed by atoms with E-state index in [-0.39, 0.29) is 17.0 Å². The largest absolute Gasteiger partial charge is 0.444 e. The zero-order valence-electron chi connectivity index (χ0n) is 14.3. The van der Waals surface area contributed by atoms with Crippen molar-refractivity contribution in [2.24, 2.45) is 0 Å². The van der Waals surface area contributed by atoms with Crippen LogP contribution >= 0.6 is 11.3 Å². The predicted octanol–water partition coefficient (Wildman–Crippen LogP) is 4.51. The van der Waals surface area contributed by atoms with Gasteiger partial charge in [-0.25, -0.2) is 9.78 Å². The molecule has 0 aliphatic heterocycles. The van der Waals surface area contributed by atoms with Crippen LogP contribution < -0.4 is 5.32 Å². The maximum atomic E-state index is 12.0. The fraction of sp³-hybridized carbons (Fsp3) is 0.474. The molecule has 2 bridgehead atoms. The molecular weight excluding hydrogens is 320 g/mol. The number of rotatable bonds is 3. The number of benzene rings is 1. The lowest BCUT2D eigenvalue weighted by molar-refractivity contribution is -0.0905. The average molecular weight is 342 g/mol. The Morgan fingerprint density at radius 1 is 1.21 bits per heavy atom. The number of nitrogens with one attached hydrogen (secondary N) is 1. The Bertz CT molecular complexity index is 756. The summed E-state index contributed by atoms with van der Waals surface area (Å²) >= 11 is 1.70. The summed E-state index contributed by atoms with van der Waals surface area (Å²) < 4.78 is 5.37. The van der Waals surface area contributed by atoms with Gasteiger partial charge in [-0.3, -0.25) is 0 Å². The fourth-order valence-corrected chi connectivity index (χ4v) is 4.89. The summed E-state index contributed by atoms with van der Waals surface area (Å²) in [5.41, 5.74) is 1.99. The SMILES string of the molecule is CC(C)(C)OC(=O)NC12CC(c3csc(-c4ccccc4)n3)(C1)C2. The lowest BCUT2D eigenvalue weighted by Crippen LogP contribution is -2.77. The molecule has 3 aliphatic carbocycles. The van der Waals surface area contributed by atoms with Crippen LogP contribution in [0.3, 0.4) is 0 Å². The fourth-order valence-electron chi connectivity index (χ4n) is 3.94. The van der Waals surface area contributed by atoms with Crippen LogP contribution in [0.15, 0.2) is 35.7 Å². The topological polar surface area (TPSA) is 51.2 Å². The van der Waals surface area contributed by atoms with E-state index < -0.39 is 5.60 Å². The number of carbonyl (C=O) groups is 1. The van der Waals surface area contributed by atoms with Crippen molar-refractivity contribution in [3.8, 4) is 10.6 Å². The quantitative estimate of drug-likeness (QED) is 0.893. The van der Waals surface area contributed by atoms with Gasteiger partial charge in [-0.2, -0.15) is 0 Å². The summed E-state index contributed by atoms with van der Waals surface area (Å²) in [6.07, 6.45) is 2.60. The van der Waals surface area contributed by atoms with Crippen LogP contribution in [0, 0.1) is 0 Å². The van der Waals surface area contributed by atoms with Gasteiger partial charge >= 0.3 is 6.09 Å². The molecule has 24 heavy (non-hydrogen) atoms. The molecule has 126 valence electrons. The zero-order valence-corrected chi connectivity index (χ0v) is 15.1. The summed E-state index contributed by atoms with van der Waals surface area (Å²) in [6.45, 7) is 5.66. The number of hydrogen-bond donors (Lipinski definition) is 1. The average Bonchev–Trinajstić information content (AvgIpc) is 2.90. The molecule has 5 rings (SSSR count). The van der Waals surface area contributed by atoms with Crippen LogP contribution in [0.5, 0.6) is 0 Å². The number of carbonyl (C=O) groups excluding carboxylic acids is 1. The van der Waals surface area contributed by atoms with Gasteiger partial charge in [-0.05, 0) is 40.0 Å². The van der Waals surface area contributed by atoms with Crippen molar-refractivity contribution in [1.82, 2.24) is 10.3 Å². The second kappa shape index (κ2) is 5.06. The number of nitrogens with zero attached hydrogens (tertiary/aromatic N) is 1. The molecule has 1 aromatic heterocycles. The van der Waals surface area contributed by atoms with E-state index in [1.165, 1.54) is 11.3 Å². The van der Waals surface area contributed by atoms with E-state index in [1.807, 2.05) is 39.0 Å². The second-order valence-corrected chi connectivity index (χ2v) is 8.98. The molecule has 0 saturated heterocycles. The minimum absolute atomic E-state index is 0.0706.